The average Bonchev–Trinajstić information content (AvgIpc) is 3.10. The molecule has 3 rings (SSSR count). The summed E-state index contributed by atoms with van der Waals surface area (Å²) in [6, 6.07) is 13.8. The normalized spacial score (nSPS) is 14.4. The number of amides is 3. The molecule has 1 fully saturated rings. The van der Waals surface area contributed by atoms with E-state index in [1.54, 1.807) is 36.3 Å². The first kappa shape index (κ1) is 25.7. The molecule has 10 heteroatoms. The zero-order valence-corrected chi connectivity index (χ0v) is 20.9. The number of hydrazine groups is 1. The van der Waals surface area contributed by atoms with Gasteiger partial charge in [-0.3, -0.25) is 30.1 Å². The molecule has 0 aromatic heterocycles. The molecule has 1 saturated heterocycles. The molecule has 1 aliphatic rings. The van der Waals surface area contributed by atoms with Gasteiger partial charge in [-0.25, -0.2) is 0 Å². The van der Waals surface area contributed by atoms with E-state index >= 15 is 0 Å². The van der Waals surface area contributed by atoms with Crippen molar-refractivity contribution in [2.75, 3.05) is 13.7 Å². The SMILES string of the molecule is COc1ccc(C=C2SC(=S)N(CCCCCC(=O)NNC(=O)c3ccc(Cl)cc3)C2=O)cc1. The second kappa shape index (κ2) is 12.5. The highest BCUT2D eigenvalue weighted by Crippen LogP contribution is 2.33. The van der Waals surface area contributed by atoms with Crippen LogP contribution in [0.25, 0.3) is 6.08 Å². The number of methoxy groups -OCH3 is 1. The molecule has 0 aliphatic carbocycles. The molecule has 3 amide bonds. The van der Waals surface area contributed by atoms with Crippen LogP contribution in [0.2, 0.25) is 5.02 Å². The van der Waals surface area contributed by atoms with Crippen molar-refractivity contribution in [3.8, 4) is 5.75 Å². The van der Waals surface area contributed by atoms with E-state index in [1.807, 2.05) is 30.3 Å². The molecule has 2 N–H and O–H groups in total. The topological polar surface area (TPSA) is 87.7 Å². The molecule has 0 spiro atoms. The van der Waals surface area contributed by atoms with Gasteiger partial charge in [0.2, 0.25) is 5.91 Å². The summed E-state index contributed by atoms with van der Waals surface area (Å²) in [5.41, 5.74) is 6.08. The van der Waals surface area contributed by atoms with Crippen LogP contribution in [-0.2, 0) is 9.59 Å². The lowest BCUT2D eigenvalue weighted by molar-refractivity contribution is -0.123. The Morgan fingerprint density at radius 2 is 1.76 bits per heavy atom. The summed E-state index contributed by atoms with van der Waals surface area (Å²) >= 11 is 12.5. The predicted octanol–water partition coefficient (Wildman–Crippen LogP) is 4.57. The molecule has 178 valence electrons. The van der Waals surface area contributed by atoms with Gasteiger partial charge in [0, 0.05) is 23.6 Å². The predicted molar refractivity (Wildman–Crippen MR) is 138 cm³/mol. The molecule has 0 bridgehead atoms. The first-order valence-electron chi connectivity index (χ1n) is 10.6. The molecule has 0 unspecified atom stereocenters. The Kier molecular flexibility index (Phi) is 9.50. The van der Waals surface area contributed by atoms with Crippen molar-refractivity contribution in [2.45, 2.75) is 25.7 Å². The van der Waals surface area contributed by atoms with Crippen LogP contribution in [0.5, 0.6) is 5.75 Å². The third-order valence-electron chi connectivity index (χ3n) is 4.99. The standard InChI is InChI=1S/C24H24ClN3O4S2/c1-32-19-12-6-16(7-13-19)15-20-23(31)28(24(33)34-20)14-4-2-3-5-21(29)26-27-22(30)17-8-10-18(25)11-9-17/h6-13,15H,2-5,14H2,1H3,(H,26,29)(H,27,30). The summed E-state index contributed by atoms with van der Waals surface area (Å²) in [5, 5.41) is 0.528. The number of unbranched alkanes of at least 4 members (excludes halogenated alkanes) is 2. The van der Waals surface area contributed by atoms with Crippen molar-refractivity contribution < 1.29 is 19.1 Å². The van der Waals surface area contributed by atoms with E-state index in [-0.39, 0.29) is 18.2 Å². The van der Waals surface area contributed by atoms with Crippen LogP contribution in [-0.4, -0.2) is 40.6 Å². The molecule has 2 aromatic carbocycles. The van der Waals surface area contributed by atoms with Crippen LogP contribution < -0.4 is 15.6 Å². The lowest BCUT2D eigenvalue weighted by atomic mass is 10.1. The van der Waals surface area contributed by atoms with Gasteiger partial charge in [-0.15, -0.1) is 0 Å². The maximum absolute atomic E-state index is 12.7. The molecule has 0 atom stereocenters. The highest BCUT2D eigenvalue weighted by Gasteiger charge is 2.31. The number of thiocarbonyl (C=S) groups is 1. The maximum Gasteiger partial charge on any atom is 0.269 e. The zero-order valence-electron chi connectivity index (χ0n) is 18.5. The third kappa shape index (κ3) is 7.31. The van der Waals surface area contributed by atoms with Crippen molar-refractivity contribution >= 4 is 63.7 Å². The van der Waals surface area contributed by atoms with Crippen molar-refractivity contribution in [2.24, 2.45) is 0 Å². The number of thioether (sulfide) groups is 1. The highest BCUT2D eigenvalue weighted by molar-refractivity contribution is 8.26. The first-order valence-corrected chi connectivity index (χ1v) is 12.2. The van der Waals surface area contributed by atoms with Gasteiger partial charge in [0.1, 0.15) is 10.1 Å². The van der Waals surface area contributed by atoms with Gasteiger partial charge in [-0.05, 0) is 60.9 Å². The Hall–Kier alpha value is -2.88. The Morgan fingerprint density at radius 1 is 1.06 bits per heavy atom. The summed E-state index contributed by atoms with van der Waals surface area (Å²) in [6.07, 6.45) is 4.16. The third-order valence-corrected chi connectivity index (χ3v) is 6.62. The van der Waals surface area contributed by atoms with Crippen LogP contribution in [0, 0.1) is 0 Å². The number of hydrogen-bond donors (Lipinski definition) is 2. The number of nitrogens with zero attached hydrogens (tertiary/aromatic N) is 1. The molecule has 1 heterocycles. The minimum atomic E-state index is -0.415. The second-order valence-electron chi connectivity index (χ2n) is 7.43. The number of halogens is 1. The molecule has 34 heavy (non-hydrogen) atoms. The Bertz CT molecular complexity index is 1090. The van der Waals surface area contributed by atoms with Crippen LogP contribution in [0.1, 0.15) is 41.6 Å². The molecule has 1 aliphatic heterocycles. The number of nitrogens with one attached hydrogen (secondary N) is 2. The summed E-state index contributed by atoms with van der Waals surface area (Å²) in [6.45, 7) is 0.500. The smallest absolute Gasteiger partial charge is 0.269 e. The minimum absolute atomic E-state index is 0.103. The Morgan fingerprint density at radius 3 is 2.44 bits per heavy atom. The average molecular weight is 518 g/mol. The number of rotatable bonds is 9. The van der Waals surface area contributed by atoms with Crippen LogP contribution in [0.4, 0.5) is 0 Å². The fourth-order valence-corrected chi connectivity index (χ4v) is 4.57. The van der Waals surface area contributed by atoms with Crippen LogP contribution in [0.15, 0.2) is 53.4 Å². The van der Waals surface area contributed by atoms with E-state index in [4.69, 9.17) is 28.6 Å². The van der Waals surface area contributed by atoms with E-state index in [2.05, 4.69) is 10.9 Å². The largest absolute Gasteiger partial charge is 0.497 e. The van der Waals surface area contributed by atoms with E-state index in [9.17, 15) is 14.4 Å². The first-order chi connectivity index (χ1) is 16.4. The number of carbonyl (C=O) groups is 3. The van der Waals surface area contributed by atoms with Gasteiger partial charge < -0.3 is 4.74 Å². The van der Waals surface area contributed by atoms with Gasteiger partial charge in [-0.1, -0.05) is 54.1 Å². The van der Waals surface area contributed by atoms with Crippen molar-refractivity contribution in [3.63, 3.8) is 0 Å². The lowest BCUT2D eigenvalue weighted by Crippen LogP contribution is -2.41. The summed E-state index contributed by atoms with van der Waals surface area (Å²) in [7, 11) is 1.60. The molecular weight excluding hydrogens is 494 g/mol. The number of ether oxygens (including phenoxy) is 1. The fourth-order valence-electron chi connectivity index (χ4n) is 3.14. The minimum Gasteiger partial charge on any atom is -0.497 e. The van der Waals surface area contributed by atoms with Crippen LogP contribution in [0.3, 0.4) is 0 Å². The summed E-state index contributed by atoms with van der Waals surface area (Å²) in [5.74, 6) is -0.0479. The summed E-state index contributed by atoms with van der Waals surface area (Å²) in [4.78, 5) is 38.8. The Balaban J connectivity index is 1.36. The molecular formula is C24H24ClN3O4S2. The Labute approximate surface area is 212 Å². The molecule has 7 nitrogen and oxygen atoms in total. The monoisotopic (exact) mass is 517 g/mol. The number of benzene rings is 2. The van der Waals surface area contributed by atoms with Gasteiger partial charge in [0.05, 0.1) is 12.0 Å². The zero-order chi connectivity index (χ0) is 24.5. The van der Waals surface area contributed by atoms with Crippen molar-refractivity contribution in [3.05, 3.63) is 69.6 Å². The molecule has 0 saturated carbocycles. The lowest BCUT2D eigenvalue weighted by Gasteiger charge is -2.14. The number of hydrogen-bond acceptors (Lipinski definition) is 6. The van der Waals surface area contributed by atoms with E-state index in [0.29, 0.717) is 39.2 Å². The quantitative estimate of drug-likeness (QED) is 0.219. The van der Waals surface area contributed by atoms with Crippen molar-refractivity contribution in [1.29, 1.82) is 0 Å². The van der Waals surface area contributed by atoms with Gasteiger partial charge >= 0.3 is 0 Å². The fraction of sp³-hybridized carbons (Fsp3) is 0.250. The van der Waals surface area contributed by atoms with Gasteiger partial charge in [-0.2, -0.15) is 0 Å². The maximum atomic E-state index is 12.7. The van der Waals surface area contributed by atoms with E-state index in [1.165, 1.54) is 11.8 Å². The highest BCUT2D eigenvalue weighted by atomic mass is 35.5. The van der Waals surface area contributed by atoms with E-state index in [0.717, 1.165) is 17.7 Å². The van der Waals surface area contributed by atoms with E-state index < -0.39 is 5.91 Å². The van der Waals surface area contributed by atoms with Crippen LogP contribution >= 0.6 is 35.6 Å². The molecule has 2 aromatic rings. The summed E-state index contributed by atoms with van der Waals surface area (Å²) < 4.78 is 5.68. The molecule has 0 radical (unpaired) electrons. The number of carbonyl (C=O) groups excluding carboxylic acids is 3. The second-order valence-corrected chi connectivity index (χ2v) is 9.54. The van der Waals surface area contributed by atoms with Crippen molar-refractivity contribution in [1.82, 2.24) is 15.8 Å². The van der Waals surface area contributed by atoms with Gasteiger partial charge in [0.25, 0.3) is 11.8 Å². The van der Waals surface area contributed by atoms with Gasteiger partial charge in [0.15, 0.2) is 0 Å².